The highest BCUT2D eigenvalue weighted by atomic mass is 35.5. The van der Waals surface area contributed by atoms with Gasteiger partial charge in [0.1, 0.15) is 12.1 Å². The monoisotopic (exact) mass is 401 g/mol. The number of benzene rings is 2. The highest BCUT2D eigenvalue weighted by Crippen LogP contribution is 2.24. The van der Waals surface area contributed by atoms with Gasteiger partial charge in [-0.05, 0) is 62.2 Å². The summed E-state index contributed by atoms with van der Waals surface area (Å²) in [5.74, 6) is -0.564. The highest BCUT2D eigenvalue weighted by molar-refractivity contribution is 6.30. The Morgan fingerprint density at radius 3 is 2.50 bits per heavy atom. The molecule has 1 heterocycles. The number of hydrogen-bond donors (Lipinski definition) is 1. The van der Waals surface area contributed by atoms with Gasteiger partial charge in [0.15, 0.2) is 5.60 Å². The number of carboxylic acids is 1. The van der Waals surface area contributed by atoms with E-state index in [-0.39, 0.29) is 12.2 Å². The van der Waals surface area contributed by atoms with Crippen molar-refractivity contribution >= 4 is 17.6 Å². The SMILES string of the molecule is Cc1cc(Cn2ncn(-c3ccc(Cl)cc3)c2=O)ccc1OC(C)(C)C(=O)O. The molecule has 0 bridgehead atoms. The van der Waals surface area contributed by atoms with Crippen molar-refractivity contribution in [3.8, 4) is 11.4 Å². The van der Waals surface area contributed by atoms with E-state index >= 15 is 0 Å². The molecule has 28 heavy (non-hydrogen) atoms. The standard InChI is InChI=1S/C20H20ClN3O4/c1-13-10-14(4-9-17(13)28-20(2,3)18(25)26)11-24-19(27)23(12-22-24)16-7-5-15(21)6-8-16/h4-10,12H,11H2,1-3H3,(H,25,26). The normalized spacial score (nSPS) is 11.4. The van der Waals surface area contributed by atoms with Crippen LogP contribution in [0.2, 0.25) is 5.02 Å². The van der Waals surface area contributed by atoms with E-state index < -0.39 is 11.6 Å². The van der Waals surface area contributed by atoms with Gasteiger partial charge in [-0.2, -0.15) is 5.10 Å². The van der Waals surface area contributed by atoms with Crippen molar-refractivity contribution in [3.05, 3.63) is 75.4 Å². The number of aromatic nitrogens is 3. The van der Waals surface area contributed by atoms with Crippen LogP contribution in [0, 0.1) is 6.92 Å². The van der Waals surface area contributed by atoms with Crippen molar-refractivity contribution in [2.45, 2.75) is 32.9 Å². The summed E-state index contributed by atoms with van der Waals surface area (Å²) in [5, 5.41) is 14.0. The summed E-state index contributed by atoms with van der Waals surface area (Å²) in [6.45, 7) is 5.09. The van der Waals surface area contributed by atoms with E-state index in [1.165, 1.54) is 29.4 Å². The van der Waals surface area contributed by atoms with Crippen LogP contribution < -0.4 is 10.4 Å². The fourth-order valence-electron chi connectivity index (χ4n) is 2.64. The van der Waals surface area contributed by atoms with Crippen molar-refractivity contribution in [1.29, 1.82) is 0 Å². The van der Waals surface area contributed by atoms with E-state index in [1.54, 1.807) is 36.4 Å². The van der Waals surface area contributed by atoms with Crippen LogP contribution in [-0.4, -0.2) is 31.0 Å². The van der Waals surface area contributed by atoms with Crippen LogP contribution in [-0.2, 0) is 11.3 Å². The van der Waals surface area contributed by atoms with Crippen LogP contribution in [0.3, 0.4) is 0 Å². The van der Waals surface area contributed by atoms with Gasteiger partial charge >= 0.3 is 11.7 Å². The minimum absolute atomic E-state index is 0.271. The van der Waals surface area contributed by atoms with Crippen LogP contribution >= 0.6 is 11.6 Å². The molecule has 0 aliphatic heterocycles. The molecule has 2 aromatic carbocycles. The first-order valence-corrected chi connectivity index (χ1v) is 8.97. The minimum atomic E-state index is -1.33. The second-order valence-electron chi connectivity index (χ2n) is 6.93. The molecule has 0 radical (unpaired) electrons. The van der Waals surface area contributed by atoms with E-state index in [9.17, 15) is 14.7 Å². The zero-order valence-corrected chi connectivity index (χ0v) is 16.5. The van der Waals surface area contributed by atoms with Crippen molar-refractivity contribution in [2.24, 2.45) is 0 Å². The zero-order chi connectivity index (χ0) is 20.5. The van der Waals surface area contributed by atoms with Gasteiger partial charge < -0.3 is 9.84 Å². The summed E-state index contributed by atoms with van der Waals surface area (Å²) in [4.78, 5) is 23.9. The van der Waals surface area contributed by atoms with Crippen LogP contribution in [0.25, 0.3) is 5.69 Å². The largest absolute Gasteiger partial charge is 0.478 e. The lowest BCUT2D eigenvalue weighted by atomic mass is 10.1. The number of hydrogen-bond acceptors (Lipinski definition) is 4. The maximum Gasteiger partial charge on any atom is 0.350 e. The first kappa shape index (κ1) is 19.7. The molecule has 0 unspecified atom stereocenters. The fourth-order valence-corrected chi connectivity index (χ4v) is 2.77. The first-order valence-electron chi connectivity index (χ1n) is 8.60. The van der Waals surface area contributed by atoms with Crippen LogP contribution in [0.5, 0.6) is 5.75 Å². The molecule has 8 heteroatoms. The van der Waals surface area contributed by atoms with Gasteiger partial charge in [0, 0.05) is 5.02 Å². The van der Waals surface area contributed by atoms with Gasteiger partial charge in [-0.25, -0.2) is 18.8 Å². The molecular formula is C20H20ClN3O4. The third kappa shape index (κ3) is 4.09. The van der Waals surface area contributed by atoms with Gasteiger partial charge in [-0.1, -0.05) is 23.7 Å². The quantitative estimate of drug-likeness (QED) is 0.685. The molecule has 0 saturated carbocycles. The Bertz CT molecular complexity index is 1070. The van der Waals surface area contributed by atoms with E-state index in [0.717, 1.165) is 11.1 Å². The number of aliphatic carboxylic acids is 1. The van der Waals surface area contributed by atoms with Gasteiger partial charge in [-0.3, -0.25) is 0 Å². The lowest BCUT2D eigenvalue weighted by Gasteiger charge is -2.23. The topological polar surface area (TPSA) is 86.4 Å². The van der Waals surface area contributed by atoms with E-state index in [2.05, 4.69) is 5.10 Å². The number of carbonyl (C=O) groups is 1. The van der Waals surface area contributed by atoms with Crippen LogP contribution in [0.1, 0.15) is 25.0 Å². The predicted molar refractivity (Wildman–Crippen MR) is 105 cm³/mol. The molecule has 0 atom stereocenters. The molecule has 0 fully saturated rings. The smallest absolute Gasteiger partial charge is 0.350 e. The second kappa shape index (κ2) is 7.52. The first-order chi connectivity index (χ1) is 13.2. The molecule has 0 amide bonds. The molecule has 0 aliphatic rings. The number of halogens is 1. The molecule has 146 valence electrons. The summed E-state index contributed by atoms with van der Waals surface area (Å²) in [6, 6.07) is 12.3. The summed E-state index contributed by atoms with van der Waals surface area (Å²) in [6.07, 6.45) is 1.46. The molecule has 1 aromatic heterocycles. The Balaban J connectivity index is 1.81. The average molecular weight is 402 g/mol. The third-order valence-electron chi connectivity index (χ3n) is 4.29. The van der Waals surface area contributed by atoms with E-state index in [1.807, 2.05) is 13.0 Å². The molecule has 3 aromatic rings. The van der Waals surface area contributed by atoms with E-state index in [4.69, 9.17) is 16.3 Å². The van der Waals surface area contributed by atoms with Gasteiger partial charge in [0.05, 0.1) is 12.2 Å². The lowest BCUT2D eigenvalue weighted by molar-refractivity contribution is -0.152. The number of aryl methyl sites for hydroxylation is 1. The fraction of sp³-hybridized carbons (Fsp3) is 0.250. The zero-order valence-electron chi connectivity index (χ0n) is 15.7. The Morgan fingerprint density at radius 2 is 1.89 bits per heavy atom. The van der Waals surface area contributed by atoms with Crippen molar-refractivity contribution in [2.75, 3.05) is 0 Å². The molecular weight excluding hydrogens is 382 g/mol. The summed E-state index contributed by atoms with van der Waals surface area (Å²) < 4.78 is 8.39. The molecule has 3 rings (SSSR count). The number of ether oxygens (including phenoxy) is 1. The van der Waals surface area contributed by atoms with Crippen molar-refractivity contribution < 1.29 is 14.6 Å². The minimum Gasteiger partial charge on any atom is -0.478 e. The maximum absolute atomic E-state index is 12.6. The summed E-state index contributed by atoms with van der Waals surface area (Å²) in [5.41, 5.74) is 0.697. The molecule has 7 nitrogen and oxygen atoms in total. The Hall–Kier alpha value is -3.06. The highest BCUT2D eigenvalue weighted by Gasteiger charge is 2.29. The summed E-state index contributed by atoms with van der Waals surface area (Å²) >= 11 is 5.89. The molecule has 0 saturated heterocycles. The van der Waals surface area contributed by atoms with E-state index in [0.29, 0.717) is 16.5 Å². The molecule has 0 aliphatic carbocycles. The van der Waals surface area contributed by atoms with Crippen LogP contribution in [0.15, 0.2) is 53.6 Å². The van der Waals surface area contributed by atoms with Gasteiger partial charge in [0.25, 0.3) is 0 Å². The van der Waals surface area contributed by atoms with Crippen molar-refractivity contribution in [3.63, 3.8) is 0 Å². The average Bonchev–Trinajstić information content (AvgIpc) is 2.98. The van der Waals surface area contributed by atoms with Crippen LogP contribution in [0.4, 0.5) is 0 Å². The van der Waals surface area contributed by atoms with Crippen molar-refractivity contribution in [1.82, 2.24) is 14.3 Å². The number of carboxylic acid groups (broad SMARTS) is 1. The lowest BCUT2D eigenvalue weighted by Crippen LogP contribution is -2.38. The van der Waals surface area contributed by atoms with Gasteiger partial charge in [0.2, 0.25) is 0 Å². The maximum atomic E-state index is 12.6. The number of nitrogens with zero attached hydrogens (tertiary/aromatic N) is 3. The predicted octanol–water partition coefficient (Wildman–Crippen LogP) is 3.29. The second-order valence-corrected chi connectivity index (χ2v) is 7.37. The summed E-state index contributed by atoms with van der Waals surface area (Å²) in [7, 11) is 0. The Kier molecular flexibility index (Phi) is 5.29. The van der Waals surface area contributed by atoms with Gasteiger partial charge in [-0.15, -0.1) is 0 Å². The Morgan fingerprint density at radius 1 is 1.21 bits per heavy atom. The Labute approximate surface area is 166 Å². The molecule has 0 spiro atoms. The number of rotatable bonds is 6. The third-order valence-corrected chi connectivity index (χ3v) is 4.54. The molecule has 1 N–H and O–H groups in total.